The molecule has 2 unspecified atom stereocenters. The monoisotopic (exact) mass is 315 g/mol. The Labute approximate surface area is 112 Å². The largest absolute Gasteiger partial charge is 0.389 e. The van der Waals surface area contributed by atoms with Crippen LogP contribution in [0, 0.1) is 0 Å². The summed E-state index contributed by atoms with van der Waals surface area (Å²) < 4.78 is 0. The standard InChI is InChI=1S/C12H11BrClNO2/c13-6-10(16)12(17)8-1-3-9-7(5-8)2-4-11(14)15-9/h1-5,10,12,16-17H,6H2. The highest BCUT2D eigenvalue weighted by atomic mass is 79.9. The number of nitrogens with zero attached hydrogens (tertiary/aromatic N) is 1. The highest BCUT2D eigenvalue weighted by molar-refractivity contribution is 9.09. The van der Waals surface area contributed by atoms with Gasteiger partial charge in [0, 0.05) is 10.7 Å². The lowest BCUT2D eigenvalue weighted by Gasteiger charge is -2.16. The van der Waals surface area contributed by atoms with Crippen LogP contribution in [0.5, 0.6) is 0 Å². The van der Waals surface area contributed by atoms with Gasteiger partial charge in [0.2, 0.25) is 0 Å². The fourth-order valence-corrected chi connectivity index (χ4v) is 2.12. The third-order valence-corrected chi connectivity index (χ3v) is 3.42. The molecule has 2 N–H and O–H groups in total. The van der Waals surface area contributed by atoms with Gasteiger partial charge in [-0.2, -0.15) is 0 Å². The number of aliphatic hydroxyl groups excluding tert-OH is 2. The maximum atomic E-state index is 9.88. The smallest absolute Gasteiger partial charge is 0.129 e. The molecule has 0 amide bonds. The minimum Gasteiger partial charge on any atom is -0.389 e. The highest BCUT2D eigenvalue weighted by Crippen LogP contribution is 2.23. The van der Waals surface area contributed by atoms with Crippen LogP contribution in [0.15, 0.2) is 30.3 Å². The minimum absolute atomic E-state index is 0.324. The molecule has 0 fully saturated rings. The van der Waals surface area contributed by atoms with Crippen molar-refractivity contribution in [3.8, 4) is 0 Å². The van der Waals surface area contributed by atoms with Gasteiger partial charge in [-0.15, -0.1) is 0 Å². The maximum absolute atomic E-state index is 9.88. The average Bonchev–Trinajstić information content (AvgIpc) is 2.36. The number of aromatic nitrogens is 1. The predicted molar refractivity (Wildman–Crippen MR) is 71.5 cm³/mol. The van der Waals surface area contributed by atoms with E-state index in [1.54, 1.807) is 24.3 Å². The zero-order valence-corrected chi connectivity index (χ0v) is 11.2. The summed E-state index contributed by atoms with van der Waals surface area (Å²) in [5.41, 5.74) is 1.43. The Kier molecular flexibility index (Phi) is 3.99. The maximum Gasteiger partial charge on any atom is 0.129 e. The number of hydrogen-bond donors (Lipinski definition) is 2. The lowest BCUT2D eigenvalue weighted by atomic mass is 10.0. The number of fused-ring (bicyclic) bond motifs is 1. The molecule has 0 saturated heterocycles. The van der Waals surface area contributed by atoms with E-state index >= 15 is 0 Å². The van der Waals surface area contributed by atoms with Crippen LogP contribution in [0.4, 0.5) is 0 Å². The van der Waals surface area contributed by atoms with Crippen molar-refractivity contribution in [3.05, 3.63) is 41.0 Å². The van der Waals surface area contributed by atoms with Crippen molar-refractivity contribution in [1.82, 2.24) is 4.98 Å². The third kappa shape index (κ3) is 2.77. The first-order valence-electron chi connectivity index (χ1n) is 5.10. The van der Waals surface area contributed by atoms with E-state index in [0.29, 0.717) is 16.0 Å². The minimum atomic E-state index is -0.908. The fourth-order valence-electron chi connectivity index (χ4n) is 1.61. The number of halogens is 2. The Bertz CT molecular complexity index is 535. The normalized spacial score (nSPS) is 14.8. The van der Waals surface area contributed by atoms with Gasteiger partial charge in [-0.25, -0.2) is 4.98 Å². The molecule has 17 heavy (non-hydrogen) atoms. The Hall–Kier alpha value is -0.680. The number of rotatable bonds is 3. The van der Waals surface area contributed by atoms with E-state index in [2.05, 4.69) is 20.9 Å². The van der Waals surface area contributed by atoms with Gasteiger partial charge in [0.25, 0.3) is 0 Å². The van der Waals surface area contributed by atoms with Gasteiger partial charge in [-0.3, -0.25) is 0 Å². The SMILES string of the molecule is OC(CBr)C(O)c1ccc2nc(Cl)ccc2c1. The second-order valence-corrected chi connectivity index (χ2v) is 4.79. The van der Waals surface area contributed by atoms with Crippen molar-refractivity contribution >= 4 is 38.4 Å². The highest BCUT2D eigenvalue weighted by Gasteiger charge is 2.17. The van der Waals surface area contributed by atoms with E-state index < -0.39 is 12.2 Å². The zero-order chi connectivity index (χ0) is 12.4. The van der Waals surface area contributed by atoms with Gasteiger partial charge in [0.05, 0.1) is 11.6 Å². The van der Waals surface area contributed by atoms with E-state index in [-0.39, 0.29) is 0 Å². The number of benzene rings is 1. The van der Waals surface area contributed by atoms with Crippen molar-refractivity contribution in [2.24, 2.45) is 0 Å². The van der Waals surface area contributed by atoms with Crippen molar-refractivity contribution in [2.45, 2.75) is 12.2 Å². The molecule has 2 aromatic rings. The Morgan fingerprint density at radius 1 is 1.24 bits per heavy atom. The molecule has 90 valence electrons. The van der Waals surface area contributed by atoms with E-state index in [4.69, 9.17) is 11.6 Å². The fraction of sp³-hybridized carbons (Fsp3) is 0.250. The average molecular weight is 317 g/mol. The van der Waals surface area contributed by atoms with Gasteiger partial charge < -0.3 is 10.2 Å². The number of aliphatic hydroxyl groups is 2. The first-order valence-corrected chi connectivity index (χ1v) is 6.60. The molecule has 0 saturated carbocycles. The molecule has 1 heterocycles. The van der Waals surface area contributed by atoms with Gasteiger partial charge >= 0.3 is 0 Å². The molecule has 2 rings (SSSR count). The predicted octanol–water partition coefficient (Wildman–Crippen LogP) is 2.68. The van der Waals surface area contributed by atoms with Crippen LogP contribution >= 0.6 is 27.5 Å². The van der Waals surface area contributed by atoms with Crippen LogP contribution in [0.25, 0.3) is 10.9 Å². The third-order valence-electron chi connectivity index (χ3n) is 2.54. The molecule has 0 bridgehead atoms. The van der Waals surface area contributed by atoms with E-state index in [1.807, 2.05) is 6.07 Å². The summed E-state index contributed by atoms with van der Waals surface area (Å²) in [4.78, 5) is 4.15. The molecule has 0 spiro atoms. The van der Waals surface area contributed by atoms with Gasteiger partial charge in [0.15, 0.2) is 0 Å². The lowest BCUT2D eigenvalue weighted by molar-refractivity contribution is 0.0343. The molecule has 1 aromatic carbocycles. The van der Waals surface area contributed by atoms with E-state index in [1.165, 1.54) is 0 Å². The second-order valence-electron chi connectivity index (χ2n) is 3.75. The summed E-state index contributed by atoms with van der Waals surface area (Å²) in [7, 11) is 0. The number of pyridine rings is 1. The second kappa shape index (κ2) is 5.31. The summed E-state index contributed by atoms with van der Waals surface area (Å²) in [5, 5.41) is 21.1. The molecule has 0 aliphatic rings. The van der Waals surface area contributed by atoms with Crippen molar-refractivity contribution in [2.75, 3.05) is 5.33 Å². The molecule has 0 aliphatic heterocycles. The van der Waals surface area contributed by atoms with E-state index in [9.17, 15) is 10.2 Å². The van der Waals surface area contributed by atoms with Crippen LogP contribution < -0.4 is 0 Å². The summed E-state index contributed by atoms with van der Waals surface area (Å²) in [5.74, 6) is 0. The topological polar surface area (TPSA) is 53.4 Å². The summed E-state index contributed by atoms with van der Waals surface area (Å²) in [6.07, 6.45) is -1.73. The zero-order valence-electron chi connectivity index (χ0n) is 8.85. The van der Waals surface area contributed by atoms with E-state index in [0.717, 1.165) is 10.9 Å². The van der Waals surface area contributed by atoms with Crippen LogP contribution in [-0.2, 0) is 0 Å². The molecule has 5 heteroatoms. The molecule has 0 aliphatic carbocycles. The first kappa shape index (κ1) is 12.8. The lowest BCUT2D eigenvalue weighted by Crippen LogP contribution is -2.19. The van der Waals surface area contributed by atoms with Crippen LogP contribution in [-0.4, -0.2) is 26.6 Å². The van der Waals surface area contributed by atoms with Crippen molar-refractivity contribution < 1.29 is 10.2 Å². The van der Waals surface area contributed by atoms with Gasteiger partial charge in [-0.05, 0) is 29.8 Å². The van der Waals surface area contributed by atoms with Crippen LogP contribution in [0.3, 0.4) is 0 Å². The van der Waals surface area contributed by atoms with Crippen molar-refractivity contribution in [3.63, 3.8) is 0 Å². The quantitative estimate of drug-likeness (QED) is 0.676. The molecular formula is C12H11BrClNO2. The van der Waals surface area contributed by atoms with Gasteiger partial charge in [-0.1, -0.05) is 33.6 Å². The number of hydrogen-bond acceptors (Lipinski definition) is 3. The Morgan fingerprint density at radius 2 is 2.00 bits per heavy atom. The molecular weight excluding hydrogens is 305 g/mol. The first-order chi connectivity index (χ1) is 8.11. The molecule has 0 radical (unpaired) electrons. The van der Waals surface area contributed by atoms with Crippen LogP contribution in [0.2, 0.25) is 5.15 Å². The van der Waals surface area contributed by atoms with Gasteiger partial charge in [0.1, 0.15) is 11.3 Å². The molecule has 3 nitrogen and oxygen atoms in total. The Morgan fingerprint density at radius 3 is 2.71 bits per heavy atom. The summed E-state index contributed by atoms with van der Waals surface area (Å²) in [6, 6.07) is 8.85. The van der Waals surface area contributed by atoms with Crippen molar-refractivity contribution in [1.29, 1.82) is 0 Å². The summed E-state index contributed by atoms with van der Waals surface area (Å²) in [6.45, 7) is 0. The molecule has 1 aromatic heterocycles. The summed E-state index contributed by atoms with van der Waals surface area (Å²) >= 11 is 8.92. The van der Waals surface area contributed by atoms with Crippen LogP contribution in [0.1, 0.15) is 11.7 Å². The number of alkyl halides is 1. The molecule has 2 atom stereocenters. The Balaban J connectivity index is 2.41.